The molecule has 26 heavy (non-hydrogen) atoms. The van der Waals surface area contributed by atoms with Gasteiger partial charge in [0.2, 0.25) is 0 Å². The Kier molecular flexibility index (Phi) is 9.12. The summed E-state index contributed by atoms with van der Waals surface area (Å²) in [7, 11) is 4.00. The van der Waals surface area contributed by atoms with Crippen LogP contribution in [0, 0.1) is 0 Å². The summed E-state index contributed by atoms with van der Waals surface area (Å²) in [6.07, 6.45) is 6.80. The maximum absolute atomic E-state index is 5.83. The molecule has 1 unspecified atom stereocenters. The lowest BCUT2D eigenvalue weighted by Gasteiger charge is -2.37. The Labute approximate surface area is 179 Å². The predicted molar refractivity (Wildman–Crippen MR) is 121 cm³/mol. The van der Waals surface area contributed by atoms with Crippen molar-refractivity contribution in [1.29, 1.82) is 0 Å². The van der Waals surface area contributed by atoms with Crippen molar-refractivity contribution in [3.8, 4) is 0 Å². The van der Waals surface area contributed by atoms with E-state index in [1.807, 2.05) is 18.4 Å². The fourth-order valence-electron chi connectivity index (χ4n) is 3.99. The molecule has 0 bridgehead atoms. The second-order valence-corrected chi connectivity index (χ2v) is 8.33. The number of nitrogens with one attached hydrogen (secondary N) is 2. The number of likely N-dealkylation sites (N-methyl/N-ethyl adjacent to an activating group) is 1. The van der Waals surface area contributed by atoms with E-state index in [4.69, 9.17) is 4.74 Å². The third kappa shape index (κ3) is 5.81. The van der Waals surface area contributed by atoms with Crippen molar-refractivity contribution >= 4 is 41.3 Å². The van der Waals surface area contributed by atoms with E-state index in [0.29, 0.717) is 0 Å². The van der Waals surface area contributed by atoms with Crippen molar-refractivity contribution in [3.05, 3.63) is 22.4 Å². The lowest BCUT2D eigenvalue weighted by atomic mass is 9.73. The highest BCUT2D eigenvalue weighted by molar-refractivity contribution is 14.0. The molecule has 0 amide bonds. The standard InChI is InChI=1S/C19H32N4OS.HI/c1-20-18(21-13-16-14-23(2)10-11-24-16)22-15-19(8-4-3-5-9-19)17-7-6-12-25-17;/h6-7,12,16H,3-5,8-11,13-15H2,1-2H3,(H2,20,21,22);1H. The first-order chi connectivity index (χ1) is 12.2. The first kappa shape index (κ1) is 21.9. The van der Waals surface area contributed by atoms with E-state index in [0.717, 1.165) is 38.7 Å². The molecule has 2 aliphatic rings. The SMILES string of the molecule is CN=C(NCC1CN(C)CCO1)NCC1(c2cccs2)CCCCC1.I. The maximum Gasteiger partial charge on any atom is 0.191 e. The van der Waals surface area contributed by atoms with Crippen LogP contribution in [0.4, 0.5) is 0 Å². The van der Waals surface area contributed by atoms with Crippen molar-refractivity contribution < 1.29 is 4.74 Å². The number of ether oxygens (including phenoxy) is 1. The van der Waals surface area contributed by atoms with Gasteiger partial charge in [-0.1, -0.05) is 25.3 Å². The van der Waals surface area contributed by atoms with E-state index >= 15 is 0 Å². The van der Waals surface area contributed by atoms with Gasteiger partial charge in [-0.3, -0.25) is 4.99 Å². The Morgan fingerprint density at radius 3 is 2.81 bits per heavy atom. The highest BCUT2D eigenvalue weighted by Gasteiger charge is 2.34. The molecular formula is C19H33IN4OS. The van der Waals surface area contributed by atoms with E-state index < -0.39 is 0 Å². The van der Waals surface area contributed by atoms with Gasteiger partial charge in [0.1, 0.15) is 0 Å². The van der Waals surface area contributed by atoms with Crippen LogP contribution in [0.25, 0.3) is 0 Å². The fourth-order valence-corrected chi connectivity index (χ4v) is 4.98. The molecule has 2 fully saturated rings. The van der Waals surface area contributed by atoms with E-state index in [2.05, 4.69) is 45.1 Å². The van der Waals surface area contributed by atoms with Gasteiger partial charge in [0.25, 0.3) is 0 Å². The average Bonchev–Trinajstić information content (AvgIpc) is 3.18. The van der Waals surface area contributed by atoms with Crippen LogP contribution in [0.2, 0.25) is 0 Å². The second kappa shape index (κ2) is 10.8. The van der Waals surface area contributed by atoms with Gasteiger partial charge < -0.3 is 20.3 Å². The zero-order valence-electron chi connectivity index (χ0n) is 16.0. The summed E-state index contributed by atoms with van der Waals surface area (Å²) in [6, 6.07) is 4.49. The summed E-state index contributed by atoms with van der Waals surface area (Å²) in [4.78, 5) is 8.26. The quantitative estimate of drug-likeness (QED) is 0.377. The number of morpholine rings is 1. The first-order valence-corrected chi connectivity index (χ1v) is 10.4. The van der Waals surface area contributed by atoms with Crippen LogP contribution in [0.5, 0.6) is 0 Å². The summed E-state index contributed by atoms with van der Waals surface area (Å²) in [5.41, 5.74) is 0.269. The lowest BCUT2D eigenvalue weighted by molar-refractivity contribution is -0.0161. The highest BCUT2D eigenvalue weighted by Crippen LogP contribution is 2.41. The molecule has 0 spiro atoms. The normalized spacial score (nSPS) is 23.9. The van der Waals surface area contributed by atoms with Gasteiger partial charge >= 0.3 is 0 Å². The van der Waals surface area contributed by atoms with Gasteiger partial charge in [0, 0.05) is 43.5 Å². The maximum atomic E-state index is 5.83. The Balaban J connectivity index is 0.00000243. The molecule has 1 aromatic rings. The van der Waals surface area contributed by atoms with Crippen LogP contribution in [0.1, 0.15) is 37.0 Å². The molecule has 1 saturated carbocycles. The first-order valence-electron chi connectivity index (χ1n) is 9.50. The summed E-state index contributed by atoms with van der Waals surface area (Å²) in [5.74, 6) is 0.887. The lowest BCUT2D eigenvalue weighted by Crippen LogP contribution is -2.50. The third-order valence-electron chi connectivity index (χ3n) is 5.51. The average molecular weight is 492 g/mol. The molecule has 148 valence electrons. The Hall–Kier alpha value is -0.380. The molecule has 7 heteroatoms. The van der Waals surface area contributed by atoms with Gasteiger partial charge in [-0.15, -0.1) is 35.3 Å². The van der Waals surface area contributed by atoms with Crippen LogP contribution in [-0.2, 0) is 10.2 Å². The number of rotatable bonds is 5. The number of hydrogen-bond acceptors (Lipinski definition) is 4. The third-order valence-corrected chi connectivity index (χ3v) is 6.63. The summed E-state index contributed by atoms with van der Waals surface area (Å²) in [5, 5.41) is 9.25. The largest absolute Gasteiger partial charge is 0.374 e. The molecule has 5 nitrogen and oxygen atoms in total. The number of hydrogen-bond donors (Lipinski definition) is 2. The van der Waals surface area contributed by atoms with Crippen molar-refractivity contribution in [1.82, 2.24) is 15.5 Å². The summed E-state index contributed by atoms with van der Waals surface area (Å²) >= 11 is 1.90. The van der Waals surface area contributed by atoms with Crippen molar-refractivity contribution in [3.63, 3.8) is 0 Å². The van der Waals surface area contributed by atoms with Crippen LogP contribution in [0.15, 0.2) is 22.5 Å². The van der Waals surface area contributed by atoms with Crippen LogP contribution < -0.4 is 10.6 Å². The molecule has 1 saturated heterocycles. The predicted octanol–water partition coefficient (Wildman–Crippen LogP) is 3.06. The summed E-state index contributed by atoms with van der Waals surface area (Å²) in [6.45, 7) is 4.57. The van der Waals surface area contributed by atoms with Gasteiger partial charge in [-0.05, 0) is 31.3 Å². The number of aliphatic imine (C=N–C) groups is 1. The van der Waals surface area contributed by atoms with Gasteiger partial charge in [0.05, 0.1) is 12.7 Å². The van der Waals surface area contributed by atoms with E-state index in [1.54, 1.807) is 0 Å². The number of thiophene rings is 1. The van der Waals surface area contributed by atoms with Crippen molar-refractivity contribution in [2.75, 3.05) is 46.9 Å². The van der Waals surface area contributed by atoms with Crippen LogP contribution in [-0.4, -0.2) is 63.8 Å². The van der Waals surface area contributed by atoms with E-state index in [9.17, 15) is 0 Å². The van der Waals surface area contributed by atoms with E-state index in [1.165, 1.54) is 37.0 Å². The van der Waals surface area contributed by atoms with Crippen molar-refractivity contribution in [2.24, 2.45) is 4.99 Å². The fraction of sp³-hybridized carbons (Fsp3) is 0.737. The molecule has 2 heterocycles. The molecule has 3 rings (SSSR count). The zero-order valence-corrected chi connectivity index (χ0v) is 19.1. The Bertz CT molecular complexity index is 546. The van der Waals surface area contributed by atoms with Crippen LogP contribution in [0.3, 0.4) is 0 Å². The molecular weight excluding hydrogens is 459 g/mol. The zero-order chi connectivity index (χ0) is 17.5. The van der Waals surface area contributed by atoms with E-state index in [-0.39, 0.29) is 35.5 Å². The van der Waals surface area contributed by atoms with Gasteiger partial charge in [0.15, 0.2) is 5.96 Å². The van der Waals surface area contributed by atoms with Gasteiger partial charge in [-0.25, -0.2) is 0 Å². The molecule has 1 aliphatic carbocycles. The molecule has 0 aromatic carbocycles. The van der Waals surface area contributed by atoms with Crippen LogP contribution >= 0.6 is 35.3 Å². The summed E-state index contributed by atoms with van der Waals surface area (Å²) < 4.78 is 5.83. The minimum atomic E-state index is 0. The minimum absolute atomic E-state index is 0. The topological polar surface area (TPSA) is 48.9 Å². The molecule has 1 aliphatic heterocycles. The number of nitrogens with zero attached hydrogens (tertiary/aromatic N) is 2. The Morgan fingerprint density at radius 2 is 2.15 bits per heavy atom. The number of guanidine groups is 1. The molecule has 1 atom stereocenters. The minimum Gasteiger partial charge on any atom is -0.374 e. The molecule has 0 radical (unpaired) electrons. The molecule has 2 N–H and O–H groups in total. The van der Waals surface area contributed by atoms with Gasteiger partial charge in [-0.2, -0.15) is 0 Å². The number of halogens is 1. The molecule has 1 aromatic heterocycles. The Morgan fingerprint density at radius 1 is 1.35 bits per heavy atom. The smallest absolute Gasteiger partial charge is 0.191 e. The monoisotopic (exact) mass is 492 g/mol. The van der Waals surface area contributed by atoms with Crippen molar-refractivity contribution in [2.45, 2.75) is 43.6 Å². The highest BCUT2D eigenvalue weighted by atomic mass is 127. The second-order valence-electron chi connectivity index (χ2n) is 7.38.